The van der Waals surface area contributed by atoms with Gasteiger partial charge >= 0.3 is 6.18 Å². The molecule has 2 rings (SSSR count). The summed E-state index contributed by atoms with van der Waals surface area (Å²) in [5.74, 6) is 0. The van der Waals surface area contributed by atoms with Gasteiger partial charge in [-0.05, 0) is 24.6 Å². The second-order valence-electron chi connectivity index (χ2n) is 5.25. The first-order valence-corrected chi connectivity index (χ1v) is 7.15. The number of alkyl halides is 3. The van der Waals surface area contributed by atoms with Crippen molar-refractivity contribution in [1.29, 1.82) is 5.26 Å². The Morgan fingerprint density at radius 3 is 2.41 bits per heavy atom. The molecule has 0 radical (unpaired) electrons. The van der Waals surface area contributed by atoms with Crippen molar-refractivity contribution in [3.8, 4) is 6.07 Å². The minimum absolute atomic E-state index is 0.144. The molecule has 0 aliphatic carbocycles. The van der Waals surface area contributed by atoms with Crippen LogP contribution in [0.2, 0.25) is 0 Å². The molecule has 0 bridgehead atoms. The lowest BCUT2D eigenvalue weighted by Gasteiger charge is -2.36. The number of anilines is 1. The van der Waals surface area contributed by atoms with Crippen LogP contribution in [0.15, 0.2) is 18.2 Å². The van der Waals surface area contributed by atoms with Crippen LogP contribution in [0.4, 0.5) is 18.9 Å². The maximum Gasteiger partial charge on any atom is 0.417 e. The van der Waals surface area contributed by atoms with Gasteiger partial charge in [0.25, 0.3) is 0 Å². The first kappa shape index (κ1) is 16.6. The van der Waals surface area contributed by atoms with Crippen molar-refractivity contribution in [3.63, 3.8) is 0 Å². The van der Waals surface area contributed by atoms with Crippen LogP contribution >= 0.6 is 0 Å². The first-order chi connectivity index (χ1) is 10.5. The predicted molar refractivity (Wildman–Crippen MR) is 76.5 cm³/mol. The van der Waals surface area contributed by atoms with E-state index in [2.05, 4.69) is 4.90 Å². The summed E-state index contributed by atoms with van der Waals surface area (Å²) in [6.07, 6.45) is -3.82. The fourth-order valence-electron chi connectivity index (χ4n) is 2.58. The van der Waals surface area contributed by atoms with Gasteiger partial charge < -0.3 is 10.0 Å². The number of nitrogens with zero attached hydrogens (tertiary/aromatic N) is 3. The topological polar surface area (TPSA) is 50.5 Å². The summed E-state index contributed by atoms with van der Waals surface area (Å²) >= 11 is 0. The molecule has 0 unspecified atom stereocenters. The first-order valence-electron chi connectivity index (χ1n) is 7.15. The zero-order valence-corrected chi connectivity index (χ0v) is 12.1. The van der Waals surface area contributed by atoms with E-state index in [1.54, 1.807) is 12.1 Å². The Hall–Kier alpha value is -1.78. The van der Waals surface area contributed by atoms with Gasteiger partial charge in [-0.2, -0.15) is 18.4 Å². The Morgan fingerprint density at radius 1 is 1.18 bits per heavy atom. The Labute approximate surface area is 127 Å². The maximum absolute atomic E-state index is 13.0. The Morgan fingerprint density at radius 2 is 1.86 bits per heavy atom. The average Bonchev–Trinajstić information content (AvgIpc) is 2.52. The molecular weight excluding hydrogens is 295 g/mol. The summed E-state index contributed by atoms with van der Waals surface area (Å²) in [5.41, 5.74) is -0.735. The monoisotopic (exact) mass is 313 g/mol. The molecule has 1 aromatic rings. The highest BCUT2D eigenvalue weighted by molar-refractivity contribution is 5.55. The zero-order valence-electron chi connectivity index (χ0n) is 12.1. The molecule has 1 saturated heterocycles. The normalized spacial score (nSPS) is 16.6. The fraction of sp³-hybridized carbons (Fsp3) is 0.533. The van der Waals surface area contributed by atoms with Crippen molar-refractivity contribution in [2.24, 2.45) is 0 Å². The van der Waals surface area contributed by atoms with E-state index in [0.29, 0.717) is 25.2 Å². The number of hydrogen-bond acceptors (Lipinski definition) is 4. The molecule has 1 heterocycles. The Bertz CT molecular complexity index is 546. The third-order valence-electron chi connectivity index (χ3n) is 3.80. The van der Waals surface area contributed by atoms with Crippen molar-refractivity contribution >= 4 is 5.69 Å². The van der Waals surface area contributed by atoms with E-state index in [4.69, 9.17) is 10.4 Å². The third kappa shape index (κ3) is 3.90. The fourth-order valence-corrected chi connectivity index (χ4v) is 2.58. The molecule has 0 aromatic heterocycles. The maximum atomic E-state index is 13.0. The van der Waals surface area contributed by atoms with E-state index in [1.807, 2.05) is 4.90 Å². The van der Waals surface area contributed by atoms with E-state index in [-0.39, 0.29) is 12.2 Å². The summed E-state index contributed by atoms with van der Waals surface area (Å²) in [7, 11) is 0. The molecule has 0 amide bonds. The third-order valence-corrected chi connectivity index (χ3v) is 3.80. The summed E-state index contributed by atoms with van der Waals surface area (Å²) in [6.45, 7) is 3.71. The highest BCUT2D eigenvalue weighted by Gasteiger charge is 2.34. The Balaban J connectivity index is 2.10. The van der Waals surface area contributed by atoms with Crippen LogP contribution in [0.5, 0.6) is 0 Å². The van der Waals surface area contributed by atoms with Gasteiger partial charge in [0.1, 0.15) is 0 Å². The number of rotatable bonds is 4. The highest BCUT2D eigenvalue weighted by atomic mass is 19.4. The van der Waals surface area contributed by atoms with Crippen LogP contribution in [0.1, 0.15) is 17.5 Å². The predicted octanol–water partition coefficient (Wildman–Crippen LogP) is 2.08. The highest BCUT2D eigenvalue weighted by Crippen LogP contribution is 2.34. The van der Waals surface area contributed by atoms with E-state index in [0.717, 1.165) is 25.7 Å². The van der Waals surface area contributed by atoms with Crippen molar-refractivity contribution in [3.05, 3.63) is 29.3 Å². The van der Waals surface area contributed by atoms with Gasteiger partial charge in [0.2, 0.25) is 0 Å². The van der Waals surface area contributed by atoms with Crippen LogP contribution in [0, 0.1) is 11.3 Å². The second kappa shape index (κ2) is 6.99. The minimum Gasteiger partial charge on any atom is -0.396 e. The minimum atomic E-state index is -4.52. The molecule has 1 fully saturated rings. The van der Waals surface area contributed by atoms with Crippen LogP contribution in [-0.2, 0) is 6.18 Å². The number of halogens is 3. The summed E-state index contributed by atoms with van der Waals surface area (Å²) in [4.78, 5) is 4.08. The zero-order chi connectivity index (χ0) is 16.2. The van der Waals surface area contributed by atoms with E-state index >= 15 is 0 Å². The van der Waals surface area contributed by atoms with Crippen LogP contribution in [0.3, 0.4) is 0 Å². The summed E-state index contributed by atoms with van der Waals surface area (Å²) < 4.78 is 38.9. The van der Waals surface area contributed by atoms with Gasteiger partial charge in [-0.1, -0.05) is 0 Å². The lowest BCUT2D eigenvalue weighted by atomic mass is 10.1. The van der Waals surface area contributed by atoms with Gasteiger partial charge in [-0.3, -0.25) is 4.90 Å². The van der Waals surface area contributed by atoms with Crippen molar-refractivity contribution < 1.29 is 18.3 Å². The molecule has 0 atom stereocenters. The molecule has 120 valence electrons. The molecule has 1 aromatic carbocycles. The lowest BCUT2D eigenvalue weighted by molar-refractivity contribution is -0.137. The number of piperazine rings is 1. The second-order valence-corrected chi connectivity index (χ2v) is 5.25. The average molecular weight is 313 g/mol. The molecule has 0 saturated carbocycles. The van der Waals surface area contributed by atoms with Gasteiger partial charge in [-0.15, -0.1) is 0 Å². The Kier molecular flexibility index (Phi) is 5.27. The van der Waals surface area contributed by atoms with E-state index in [1.165, 1.54) is 6.07 Å². The molecule has 0 spiro atoms. The summed E-state index contributed by atoms with van der Waals surface area (Å²) in [5, 5.41) is 17.6. The smallest absolute Gasteiger partial charge is 0.396 e. The van der Waals surface area contributed by atoms with Gasteiger partial charge in [0.05, 0.1) is 17.2 Å². The molecule has 7 heteroatoms. The lowest BCUT2D eigenvalue weighted by Crippen LogP contribution is -2.46. The number of hydrogen-bond donors (Lipinski definition) is 1. The van der Waals surface area contributed by atoms with Crippen LogP contribution < -0.4 is 4.90 Å². The molecule has 1 aliphatic rings. The van der Waals surface area contributed by atoms with Crippen LogP contribution in [0.25, 0.3) is 0 Å². The van der Waals surface area contributed by atoms with Crippen molar-refractivity contribution in [1.82, 2.24) is 4.90 Å². The standard InChI is InChI=1S/C15H18F3N3O/c16-15(17,18)14-10-13(3-2-12(14)11-19)21-7-5-20(6-8-21)4-1-9-22/h2-3,10,22H,1,4-9H2. The molecule has 4 nitrogen and oxygen atoms in total. The van der Waals surface area contributed by atoms with E-state index < -0.39 is 11.7 Å². The van der Waals surface area contributed by atoms with Crippen LogP contribution in [-0.4, -0.2) is 49.3 Å². The molecule has 22 heavy (non-hydrogen) atoms. The van der Waals surface area contributed by atoms with Crippen molar-refractivity contribution in [2.45, 2.75) is 12.6 Å². The van der Waals surface area contributed by atoms with Crippen molar-refractivity contribution in [2.75, 3.05) is 44.2 Å². The molecular formula is C15H18F3N3O. The number of aliphatic hydroxyl groups is 1. The van der Waals surface area contributed by atoms with Gasteiger partial charge in [-0.25, -0.2) is 0 Å². The molecule has 1 aliphatic heterocycles. The largest absolute Gasteiger partial charge is 0.417 e. The SMILES string of the molecule is N#Cc1ccc(N2CCN(CCCO)CC2)cc1C(F)(F)F. The number of benzene rings is 1. The number of aliphatic hydroxyl groups excluding tert-OH is 1. The summed E-state index contributed by atoms with van der Waals surface area (Å²) in [6, 6.07) is 5.45. The van der Waals surface area contributed by atoms with Gasteiger partial charge in [0, 0.05) is 45.0 Å². The molecule has 1 N–H and O–H groups in total. The van der Waals surface area contributed by atoms with Gasteiger partial charge in [0.15, 0.2) is 0 Å². The number of nitriles is 1. The van der Waals surface area contributed by atoms with E-state index in [9.17, 15) is 13.2 Å². The quantitative estimate of drug-likeness (QED) is 0.925.